The van der Waals surface area contributed by atoms with Crippen LogP contribution in [0.5, 0.6) is 0 Å². The largest absolute Gasteiger partial charge is 0.363 e. The fourth-order valence-electron chi connectivity index (χ4n) is 3.77. The Bertz CT molecular complexity index is 1210. The minimum atomic E-state index is -0.193. The number of hydrogen-bond donors (Lipinski definition) is 3. The number of nitrogens with one attached hydrogen (secondary N) is 3. The summed E-state index contributed by atoms with van der Waals surface area (Å²) < 4.78 is 0. The molecule has 1 unspecified atom stereocenters. The lowest BCUT2D eigenvalue weighted by atomic mass is 10.1. The van der Waals surface area contributed by atoms with Gasteiger partial charge in [-0.3, -0.25) is 4.98 Å². The van der Waals surface area contributed by atoms with Crippen molar-refractivity contribution in [1.82, 2.24) is 24.9 Å². The number of pyridine rings is 1. The smallest absolute Gasteiger partial charge is 0.323 e. The third-order valence-electron chi connectivity index (χ3n) is 5.22. The van der Waals surface area contributed by atoms with Crippen LogP contribution in [0.1, 0.15) is 36.2 Å². The molecule has 1 atom stereocenters. The molecule has 140 valence electrons. The fraction of sp³-hybridized carbons (Fsp3) is 0.238. The molecule has 0 radical (unpaired) electrons. The van der Waals surface area contributed by atoms with Gasteiger partial charge in [-0.05, 0) is 56.0 Å². The average Bonchev–Trinajstić information content (AvgIpc) is 3.33. The molecule has 1 aliphatic carbocycles. The monoisotopic (exact) mass is 372 g/mol. The molecule has 0 aliphatic heterocycles. The van der Waals surface area contributed by atoms with Gasteiger partial charge in [0.25, 0.3) is 0 Å². The molecule has 7 heteroatoms. The van der Waals surface area contributed by atoms with Crippen molar-refractivity contribution in [2.24, 2.45) is 0 Å². The predicted molar refractivity (Wildman–Crippen MR) is 108 cm³/mol. The van der Waals surface area contributed by atoms with E-state index in [-0.39, 0.29) is 11.7 Å². The molecule has 5 rings (SSSR count). The van der Waals surface area contributed by atoms with Gasteiger partial charge in [-0.25, -0.2) is 14.8 Å². The van der Waals surface area contributed by atoms with E-state index in [0.29, 0.717) is 5.82 Å². The zero-order chi connectivity index (χ0) is 19.1. The van der Waals surface area contributed by atoms with E-state index in [2.05, 4.69) is 27.2 Å². The van der Waals surface area contributed by atoms with E-state index >= 15 is 0 Å². The van der Waals surface area contributed by atoms with E-state index in [0.717, 1.165) is 53.1 Å². The Hall–Kier alpha value is -3.48. The van der Waals surface area contributed by atoms with Crippen LogP contribution in [-0.2, 0) is 12.8 Å². The van der Waals surface area contributed by atoms with E-state index in [9.17, 15) is 4.79 Å². The summed E-state index contributed by atoms with van der Waals surface area (Å²) in [5.41, 5.74) is 5.58. The zero-order valence-electron chi connectivity index (χ0n) is 15.5. The Morgan fingerprint density at radius 3 is 2.82 bits per heavy atom. The van der Waals surface area contributed by atoms with Gasteiger partial charge in [0.1, 0.15) is 11.5 Å². The summed E-state index contributed by atoms with van der Waals surface area (Å²) in [7, 11) is 0. The van der Waals surface area contributed by atoms with Gasteiger partial charge in [0.15, 0.2) is 5.82 Å². The molecule has 4 aromatic rings. The highest BCUT2D eigenvalue weighted by atomic mass is 16.1. The second kappa shape index (κ2) is 6.60. The van der Waals surface area contributed by atoms with E-state index in [1.54, 1.807) is 6.20 Å². The van der Waals surface area contributed by atoms with Crippen LogP contribution in [-0.4, -0.2) is 24.9 Å². The first-order valence-electron chi connectivity index (χ1n) is 9.47. The highest BCUT2D eigenvalue weighted by Gasteiger charge is 2.21. The predicted octanol–water partition coefficient (Wildman–Crippen LogP) is 3.37. The number of fused-ring (bicyclic) bond motifs is 2. The lowest BCUT2D eigenvalue weighted by Gasteiger charge is -2.18. The van der Waals surface area contributed by atoms with Crippen molar-refractivity contribution in [3.63, 3.8) is 0 Å². The third kappa shape index (κ3) is 2.94. The maximum absolute atomic E-state index is 11.5. The summed E-state index contributed by atoms with van der Waals surface area (Å²) >= 11 is 0. The number of aryl methyl sites for hydroxylation is 1. The van der Waals surface area contributed by atoms with E-state index in [1.165, 1.54) is 5.56 Å². The first kappa shape index (κ1) is 16.7. The van der Waals surface area contributed by atoms with Crippen LogP contribution >= 0.6 is 0 Å². The van der Waals surface area contributed by atoms with Crippen LogP contribution in [0.25, 0.3) is 22.6 Å². The van der Waals surface area contributed by atoms with Crippen LogP contribution in [0.15, 0.2) is 47.4 Å². The van der Waals surface area contributed by atoms with Gasteiger partial charge >= 0.3 is 5.69 Å². The molecule has 0 saturated heterocycles. The Kier molecular flexibility index (Phi) is 3.93. The molecule has 0 fully saturated rings. The van der Waals surface area contributed by atoms with Gasteiger partial charge in [-0.15, -0.1) is 0 Å². The third-order valence-corrected chi connectivity index (χ3v) is 5.22. The molecule has 0 bridgehead atoms. The number of aromatic amines is 2. The molecular formula is C21H20N6O. The second-order valence-electron chi connectivity index (χ2n) is 7.14. The molecule has 0 amide bonds. The SMILES string of the molecule is CC(Nc1nc(-c2ccccn2)nc2c1CCC2)c1ccc2[nH]c(=O)[nH]c2c1. The summed E-state index contributed by atoms with van der Waals surface area (Å²) in [6, 6.07) is 11.7. The van der Waals surface area contributed by atoms with Crippen LogP contribution in [0.2, 0.25) is 0 Å². The quantitative estimate of drug-likeness (QED) is 0.510. The minimum absolute atomic E-state index is 0.0268. The van der Waals surface area contributed by atoms with Gasteiger partial charge in [-0.1, -0.05) is 12.1 Å². The lowest BCUT2D eigenvalue weighted by Crippen LogP contribution is -2.12. The van der Waals surface area contributed by atoms with Crippen LogP contribution in [0.4, 0.5) is 5.82 Å². The van der Waals surface area contributed by atoms with Crippen molar-refractivity contribution in [3.8, 4) is 11.5 Å². The minimum Gasteiger partial charge on any atom is -0.363 e. The van der Waals surface area contributed by atoms with Gasteiger partial charge in [0.05, 0.1) is 17.1 Å². The second-order valence-corrected chi connectivity index (χ2v) is 7.14. The molecule has 7 nitrogen and oxygen atoms in total. The molecule has 3 aromatic heterocycles. The van der Waals surface area contributed by atoms with Crippen LogP contribution in [0, 0.1) is 0 Å². The Morgan fingerprint density at radius 1 is 1.07 bits per heavy atom. The number of rotatable bonds is 4. The molecule has 1 aromatic carbocycles. The van der Waals surface area contributed by atoms with Crippen molar-refractivity contribution < 1.29 is 0 Å². The molecular weight excluding hydrogens is 352 g/mol. The molecule has 28 heavy (non-hydrogen) atoms. The Morgan fingerprint density at radius 2 is 1.96 bits per heavy atom. The summed E-state index contributed by atoms with van der Waals surface area (Å²) in [5.74, 6) is 1.53. The fourth-order valence-corrected chi connectivity index (χ4v) is 3.77. The normalized spacial score (nSPS) is 14.2. The Balaban J connectivity index is 1.51. The number of hydrogen-bond acceptors (Lipinski definition) is 5. The van der Waals surface area contributed by atoms with Crippen LogP contribution in [0.3, 0.4) is 0 Å². The van der Waals surface area contributed by atoms with Gasteiger partial charge in [0, 0.05) is 17.5 Å². The van der Waals surface area contributed by atoms with Crippen molar-refractivity contribution >= 4 is 16.9 Å². The van der Waals surface area contributed by atoms with Gasteiger partial charge in [-0.2, -0.15) is 0 Å². The molecule has 3 N–H and O–H groups in total. The summed E-state index contributed by atoms with van der Waals surface area (Å²) in [5, 5.41) is 3.56. The van der Waals surface area contributed by atoms with Crippen molar-refractivity contribution in [2.75, 3.05) is 5.32 Å². The van der Waals surface area contributed by atoms with Crippen molar-refractivity contribution in [3.05, 3.63) is 69.9 Å². The van der Waals surface area contributed by atoms with Crippen molar-refractivity contribution in [1.29, 1.82) is 0 Å². The summed E-state index contributed by atoms with van der Waals surface area (Å²) in [6.07, 6.45) is 4.80. The number of aromatic nitrogens is 5. The highest BCUT2D eigenvalue weighted by molar-refractivity contribution is 5.75. The standard InChI is InChI=1S/C21H20N6O/c1-12(13-8-9-16-18(11-13)26-21(28)25-16)23-19-14-5-4-7-15(14)24-20(27-19)17-6-2-3-10-22-17/h2-3,6,8-12H,4-5,7H2,1H3,(H,23,24,27)(H2,25,26,28). The zero-order valence-corrected chi connectivity index (χ0v) is 15.5. The molecule has 0 saturated carbocycles. The number of imidazole rings is 1. The number of H-pyrrole nitrogens is 2. The average molecular weight is 372 g/mol. The van der Waals surface area contributed by atoms with E-state index in [1.807, 2.05) is 36.4 Å². The molecule has 0 spiro atoms. The maximum atomic E-state index is 11.5. The van der Waals surface area contributed by atoms with Crippen molar-refractivity contribution in [2.45, 2.75) is 32.2 Å². The summed E-state index contributed by atoms with van der Waals surface area (Å²) in [6.45, 7) is 2.09. The first-order valence-corrected chi connectivity index (χ1v) is 9.47. The van der Waals surface area contributed by atoms with Gasteiger partial charge < -0.3 is 15.3 Å². The van der Waals surface area contributed by atoms with E-state index in [4.69, 9.17) is 9.97 Å². The number of nitrogens with zero attached hydrogens (tertiary/aromatic N) is 3. The molecule has 1 aliphatic rings. The lowest BCUT2D eigenvalue weighted by molar-refractivity contribution is 0.864. The number of anilines is 1. The Labute approximate surface area is 161 Å². The molecule has 3 heterocycles. The topological polar surface area (TPSA) is 99.3 Å². The van der Waals surface area contributed by atoms with Crippen LogP contribution < -0.4 is 11.0 Å². The first-order chi connectivity index (χ1) is 13.7. The number of benzene rings is 1. The maximum Gasteiger partial charge on any atom is 0.323 e. The highest BCUT2D eigenvalue weighted by Crippen LogP contribution is 2.31. The summed E-state index contributed by atoms with van der Waals surface area (Å²) in [4.78, 5) is 31.1. The van der Waals surface area contributed by atoms with E-state index < -0.39 is 0 Å². The van der Waals surface area contributed by atoms with Gasteiger partial charge in [0.2, 0.25) is 0 Å².